The molecular formula is C10H17N3. The molecule has 0 atom stereocenters. The Bertz CT molecular complexity index is 286. The van der Waals surface area contributed by atoms with Crippen LogP contribution in [0, 0.1) is 6.92 Å². The first kappa shape index (κ1) is 8.75. The molecule has 1 aliphatic rings. The van der Waals surface area contributed by atoms with Crippen LogP contribution < -0.4 is 5.32 Å². The average molecular weight is 179 g/mol. The molecule has 0 unspecified atom stereocenters. The van der Waals surface area contributed by atoms with Gasteiger partial charge in [0.2, 0.25) is 0 Å². The van der Waals surface area contributed by atoms with Crippen molar-refractivity contribution in [2.45, 2.75) is 38.6 Å². The molecule has 0 amide bonds. The third-order valence-corrected chi connectivity index (χ3v) is 2.95. The maximum Gasteiger partial charge on any atom is 0.0700 e. The SMILES string of the molecule is CNCc1c(C2CCC2)n[nH]c1C. The number of H-pyrrole nitrogens is 1. The normalized spacial score (nSPS) is 17.4. The fourth-order valence-electron chi connectivity index (χ4n) is 1.89. The van der Waals surface area contributed by atoms with Gasteiger partial charge < -0.3 is 5.32 Å². The first-order chi connectivity index (χ1) is 6.33. The molecule has 0 aromatic carbocycles. The van der Waals surface area contributed by atoms with E-state index in [1.165, 1.54) is 36.2 Å². The second kappa shape index (κ2) is 3.50. The molecule has 2 rings (SSSR count). The highest BCUT2D eigenvalue weighted by Gasteiger charge is 2.25. The zero-order valence-electron chi connectivity index (χ0n) is 8.35. The van der Waals surface area contributed by atoms with Gasteiger partial charge >= 0.3 is 0 Å². The van der Waals surface area contributed by atoms with Crippen molar-refractivity contribution < 1.29 is 0 Å². The van der Waals surface area contributed by atoms with Crippen LogP contribution in [0.25, 0.3) is 0 Å². The van der Waals surface area contributed by atoms with Gasteiger partial charge in [-0.3, -0.25) is 5.10 Å². The van der Waals surface area contributed by atoms with Gasteiger partial charge in [0.05, 0.1) is 5.69 Å². The number of hydrogen-bond acceptors (Lipinski definition) is 2. The lowest BCUT2D eigenvalue weighted by Gasteiger charge is -2.24. The molecule has 72 valence electrons. The molecule has 2 N–H and O–H groups in total. The van der Waals surface area contributed by atoms with Crippen LogP contribution in [0.4, 0.5) is 0 Å². The lowest BCUT2D eigenvalue weighted by atomic mass is 9.81. The Morgan fingerprint density at radius 1 is 1.54 bits per heavy atom. The summed E-state index contributed by atoms with van der Waals surface area (Å²) in [7, 11) is 1.98. The van der Waals surface area contributed by atoms with Crippen molar-refractivity contribution >= 4 is 0 Å². The Morgan fingerprint density at radius 2 is 2.31 bits per heavy atom. The lowest BCUT2D eigenvalue weighted by Crippen LogP contribution is -2.14. The van der Waals surface area contributed by atoms with E-state index in [4.69, 9.17) is 0 Å². The van der Waals surface area contributed by atoms with Crippen molar-refractivity contribution in [2.24, 2.45) is 0 Å². The first-order valence-electron chi connectivity index (χ1n) is 5.01. The molecule has 0 saturated heterocycles. The van der Waals surface area contributed by atoms with Gasteiger partial charge in [-0.15, -0.1) is 0 Å². The van der Waals surface area contributed by atoms with Crippen LogP contribution in [0.3, 0.4) is 0 Å². The fraction of sp³-hybridized carbons (Fsp3) is 0.700. The van der Waals surface area contributed by atoms with Crippen molar-refractivity contribution in [2.75, 3.05) is 7.05 Å². The van der Waals surface area contributed by atoms with Crippen LogP contribution in [0.1, 0.15) is 42.1 Å². The summed E-state index contributed by atoms with van der Waals surface area (Å²) in [5, 5.41) is 10.7. The number of aromatic amines is 1. The van der Waals surface area contributed by atoms with Crippen molar-refractivity contribution in [3.05, 3.63) is 17.0 Å². The predicted molar refractivity (Wildman–Crippen MR) is 52.7 cm³/mol. The quantitative estimate of drug-likeness (QED) is 0.741. The molecule has 1 aromatic rings. The van der Waals surface area contributed by atoms with Gasteiger partial charge in [-0.25, -0.2) is 0 Å². The summed E-state index contributed by atoms with van der Waals surface area (Å²) in [6.45, 7) is 3.04. The van der Waals surface area contributed by atoms with Crippen LogP contribution in [-0.2, 0) is 6.54 Å². The molecule has 3 heteroatoms. The van der Waals surface area contributed by atoms with Gasteiger partial charge in [0.25, 0.3) is 0 Å². The van der Waals surface area contributed by atoms with Crippen LogP contribution in [0.15, 0.2) is 0 Å². The van der Waals surface area contributed by atoms with E-state index in [-0.39, 0.29) is 0 Å². The van der Waals surface area contributed by atoms with E-state index >= 15 is 0 Å². The van der Waals surface area contributed by atoms with E-state index < -0.39 is 0 Å². The minimum absolute atomic E-state index is 0.730. The second-order valence-corrected chi connectivity index (χ2v) is 3.87. The lowest BCUT2D eigenvalue weighted by molar-refractivity contribution is 0.407. The van der Waals surface area contributed by atoms with Crippen LogP contribution >= 0.6 is 0 Å². The maximum absolute atomic E-state index is 4.39. The number of hydrogen-bond donors (Lipinski definition) is 2. The van der Waals surface area contributed by atoms with Gasteiger partial charge in [-0.05, 0) is 26.8 Å². The van der Waals surface area contributed by atoms with Gasteiger partial charge in [-0.1, -0.05) is 6.42 Å². The standard InChI is InChI=1S/C10H17N3/c1-7-9(6-11-2)10(13-12-7)8-4-3-5-8/h8,11H,3-6H2,1-2H3,(H,12,13). The molecule has 0 spiro atoms. The van der Waals surface area contributed by atoms with E-state index in [9.17, 15) is 0 Å². The van der Waals surface area contributed by atoms with E-state index in [1.54, 1.807) is 0 Å². The molecule has 1 aliphatic carbocycles. The molecule has 1 heterocycles. The zero-order valence-corrected chi connectivity index (χ0v) is 8.35. The summed E-state index contributed by atoms with van der Waals surface area (Å²) >= 11 is 0. The largest absolute Gasteiger partial charge is 0.316 e. The van der Waals surface area contributed by atoms with Gasteiger partial charge in [0, 0.05) is 23.7 Å². The number of rotatable bonds is 3. The van der Waals surface area contributed by atoms with Crippen molar-refractivity contribution in [1.82, 2.24) is 15.5 Å². The van der Waals surface area contributed by atoms with E-state index in [0.29, 0.717) is 0 Å². The third-order valence-electron chi connectivity index (χ3n) is 2.95. The summed E-state index contributed by atoms with van der Waals surface area (Å²) in [5.74, 6) is 0.730. The third kappa shape index (κ3) is 1.48. The van der Waals surface area contributed by atoms with Crippen molar-refractivity contribution in [3.63, 3.8) is 0 Å². The Hall–Kier alpha value is -0.830. The highest BCUT2D eigenvalue weighted by atomic mass is 15.1. The Balaban J connectivity index is 2.22. The molecule has 1 aromatic heterocycles. The summed E-state index contributed by atoms with van der Waals surface area (Å²) < 4.78 is 0. The van der Waals surface area contributed by atoms with E-state index in [0.717, 1.165) is 12.5 Å². The fourth-order valence-corrected chi connectivity index (χ4v) is 1.89. The van der Waals surface area contributed by atoms with E-state index in [2.05, 4.69) is 22.4 Å². The monoisotopic (exact) mass is 179 g/mol. The van der Waals surface area contributed by atoms with Crippen molar-refractivity contribution in [1.29, 1.82) is 0 Å². The molecule has 13 heavy (non-hydrogen) atoms. The molecular weight excluding hydrogens is 162 g/mol. The molecule has 1 fully saturated rings. The minimum atomic E-state index is 0.730. The number of nitrogens with one attached hydrogen (secondary N) is 2. The summed E-state index contributed by atoms with van der Waals surface area (Å²) in [6.07, 6.45) is 4.01. The molecule has 0 bridgehead atoms. The van der Waals surface area contributed by atoms with Crippen LogP contribution in [-0.4, -0.2) is 17.2 Å². The average Bonchev–Trinajstić information content (AvgIpc) is 2.33. The Morgan fingerprint density at radius 3 is 2.85 bits per heavy atom. The molecule has 3 nitrogen and oxygen atoms in total. The van der Waals surface area contributed by atoms with Gasteiger partial charge in [-0.2, -0.15) is 5.10 Å². The number of nitrogens with zero attached hydrogens (tertiary/aromatic N) is 1. The molecule has 0 aliphatic heterocycles. The van der Waals surface area contributed by atoms with Gasteiger partial charge in [0.1, 0.15) is 0 Å². The summed E-state index contributed by atoms with van der Waals surface area (Å²) in [5.41, 5.74) is 3.90. The highest BCUT2D eigenvalue weighted by molar-refractivity contribution is 5.28. The Labute approximate surface area is 78.9 Å². The second-order valence-electron chi connectivity index (χ2n) is 3.87. The summed E-state index contributed by atoms with van der Waals surface area (Å²) in [4.78, 5) is 0. The van der Waals surface area contributed by atoms with Crippen molar-refractivity contribution in [3.8, 4) is 0 Å². The maximum atomic E-state index is 4.39. The predicted octanol–water partition coefficient (Wildman–Crippen LogP) is 1.71. The van der Waals surface area contributed by atoms with Crippen LogP contribution in [0.2, 0.25) is 0 Å². The highest BCUT2D eigenvalue weighted by Crippen LogP contribution is 2.37. The zero-order chi connectivity index (χ0) is 9.26. The van der Waals surface area contributed by atoms with E-state index in [1.807, 2.05) is 7.05 Å². The van der Waals surface area contributed by atoms with Gasteiger partial charge in [0.15, 0.2) is 0 Å². The van der Waals surface area contributed by atoms with Crippen LogP contribution in [0.5, 0.6) is 0 Å². The smallest absolute Gasteiger partial charge is 0.0700 e. The number of aryl methyl sites for hydroxylation is 1. The Kier molecular flexibility index (Phi) is 2.36. The molecule has 1 saturated carbocycles. The molecule has 0 radical (unpaired) electrons. The summed E-state index contributed by atoms with van der Waals surface area (Å²) in [6, 6.07) is 0. The number of aromatic nitrogens is 2. The first-order valence-corrected chi connectivity index (χ1v) is 5.01. The minimum Gasteiger partial charge on any atom is -0.316 e. The topological polar surface area (TPSA) is 40.7 Å².